The molecule has 2 aromatic heterocycles. The van der Waals surface area contributed by atoms with Crippen LogP contribution < -0.4 is 10.6 Å². The number of anilines is 2. The summed E-state index contributed by atoms with van der Waals surface area (Å²) in [5, 5.41) is 28.4. The number of carbonyl (C=O) groups is 2. The number of hydrogen-bond donors (Lipinski definition) is 2. The fourth-order valence-corrected chi connectivity index (χ4v) is 6.48. The molecule has 0 aliphatic carbocycles. The van der Waals surface area contributed by atoms with Crippen molar-refractivity contribution in [3.8, 4) is 23.6 Å². The van der Waals surface area contributed by atoms with Crippen molar-refractivity contribution in [3.63, 3.8) is 0 Å². The Morgan fingerprint density at radius 3 is 2.19 bits per heavy atom. The molecule has 224 valence electrons. The van der Waals surface area contributed by atoms with E-state index in [0.717, 1.165) is 43.7 Å². The lowest BCUT2D eigenvalue weighted by Gasteiger charge is -2.20. The van der Waals surface area contributed by atoms with Crippen molar-refractivity contribution in [3.05, 3.63) is 47.5 Å². The molecule has 0 radical (unpaired) electrons. The number of thiazole rings is 1. The summed E-state index contributed by atoms with van der Waals surface area (Å²) >= 11 is 1.56. The zero-order valence-electron chi connectivity index (χ0n) is 24.1. The van der Waals surface area contributed by atoms with Crippen LogP contribution in [0.1, 0.15) is 36.5 Å². The second-order valence-electron chi connectivity index (χ2n) is 10.9. The zero-order chi connectivity index (χ0) is 30.2. The van der Waals surface area contributed by atoms with E-state index in [1.54, 1.807) is 25.8 Å². The highest BCUT2D eigenvalue weighted by Gasteiger charge is 2.29. The highest BCUT2D eigenvalue weighted by Crippen LogP contribution is 2.33. The molecule has 5 heterocycles. The van der Waals surface area contributed by atoms with Crippen LogP contribution in [0.4, 0.5) is 10.9 Å². The Hall–Kier alpha value is -4.46. The molecule has 0 bridgehead atoms. The van der Waals surface area contributed by atoms with Crippen molar-refractivity contribution in [2.45, 2.75) is 31.6 Å². The van der Waals surface area contributed by atoms with Gasteiger partial charge in [-0.2, -0.15) is 15.6 Å². The largest absolute Gasteiger partial charge is 0.381 e. The van der Waals surface area contributed by atoms with Crippen molar-refractivity contribution in [2.24, 2.45) is 18.9 Å². The van der Waals surface area contributed by atoms with E-state index in [4.69, 9.17) is 15.3 Å². The van der Waals surface area contributed by atoms with Gasteiger partial charge in [0, 0.05) is 63.6 Å². The first-order valence-electron chi connectivity index (χ1n) is 14.5. The first kappa shape index (κ1) is 30.0. The molecule has 6 rings (SSSR count). The fourth-order valence-electron chi connectivity index (χ4n) is 5.49. The summed E-state index contributed by atoms with van der Waals surface area (Å²) in [6.07, 6.45) is 9.52. The second-order valence-corrected chi connectivity index (χ2v) is 12.0. The predicted octanol–water partition coefficient (Wildman–Crippen LogP) is 3.61. The van der Waals surface area contributed by atoms with Gasteiger partial charge in [0.1, 0.15) is 0 Å². The van der Waals surface area contributed by atoms with E-state index in [1.165, 1.54) is 4.88 Å². The molecule has 13 heteroatoms. The predicted molar refractivity (Wildman–Crippen MR) is 161 cm³/mol. The highest BCUT2D eigenvalue weighted by atomic mass is 32.1. The van der Waals surface area contributed by atoms with Gasteiger partial charge in [0.05, 0.1) is 17.5 Å². The van der Waals surface area contributed by atoms with Gasteiger partial charge < -0.3 is 25.2 Å². The number of hydrogen-bond acceptors (Lipinski definition) is 10. The molecule has 0 spiro atoms. The maximum Gasteiger partial charge on any atom is 0.231 e. The van der Waals surface area contributed by atoms with Crippen molar-refractivity contribution in [1.29, 1.82) is 10.5 Å². The van der Waals surface area contributed by atoms with Gasteiger partial charge in [0.15, 0.2) is 23.3 Å². The van der Waals surface area contributed by atoms with E-state index in [1.807, 2.05) is 49.6 Å². The van der Waals surface area contributed by atoms with Crippen LogP contribution in [0, 0.1) is 34.7 Å². The molecule has 3 saturated heterocycles. The van der Waals surface area contributed by atoms with E-state index in [0.29, 0.717) is 49.5 Å². The minimum atomic E-state index is -0.151. The minimum Gasteiger partial charge on any atom is -0.381 e. The summed E-state index contributed by atoms with van der Waals surface area (Å²) in [6, 6.07) is 11.8. The lowest BCUT2D eigenvalue weighted by Crippen LogP contribution is -2.25. The Morgan fingerprint density at radius 2 is 1.58 bits per heavy atom. The molecule has 3 aromatic rings. The normalized spacial score (nSPS) is 20.1. The third-order valence-electron chi connectivity index (χ3n) is 7.98. The number of amides is 2. The lowest BCUT2D eigenvalue weighted by atomic mass is 9.99. The molecule has 2 N–H and O–H groups in total. The average molecular weight is 602 g/mol. The summed E-state index contributed by atoms with van der Waals surface area (Å²) in [5.74, 6) is 0.683. The lowest BCUT2D eigenvalue weighted by molar-refractivity contribution is -0.120. The first-order chi connectivity index (χ1) is 20.9. The van der Waals surface area contributed by atoms with Crippen LogP contribution in [-0.4, -0.2) is 75.8 Å². The van der Waals surface area contributed by atoms with E-state index >= 15 is 0 Å². The molecular weight excluding hydrogens is 566 g/mol. The number of nitrogens with one attached hydrogen (secondary N) is 2. The summed E-state index contributed by atoms with van der Waals surface area (Å²) in [6.45, 7) is 3.92. The number of benzene rings is 1. The Balaban J connectivity index is 0.000000171. The summed E-state index contributed by atoms with van der Waals surface area (Å²) in [7, 11) is 1.85. The topological polar surface area (TPSA) is 152 Å². The van der Waals surface area contributed by atoms with Crippen LogP contribution in [0.5, 0.6) is 0 Å². The summed E-state index contributed by atoms with van der Waals surface area (Å²) in [5.41, 5.74) is 2.00. The van der Waals surface area contributed by atoms with E-state index < -0.39 is 0 Å². The average Bonchev–Trinajstić information content (AvgIpc) is 3.85. The van der Waals surface area contributed by atoms with Gasteiger partial charge in [-0.15, -0.1) is 11.3 Å². The van der Waals surface area contributed by atoms with Gasteiger partial charge in [0.2, 0.25) is 11.8 Å². The highest BCUT2D eigenvalue weighted by molar-refractivity contribution is 7.15. The van der Waals surface area contributed by atoms with E-state index in [-0.39, 0.29) is 23.7 Å². The summed E-state index contributed by atoms with van der Waals surface area (Å²) < 4.78 is 7.12. The molecule has 0 unspecified atom stereocenters. The molecule has 2 amide bonds. The number of aromatic nitrogens is 3. The first-order valence-corrected chi connectivity index (χ1v) is 15.3. The van der Waals surface area contributed by atoms with E-state index in [2.05, 4.69) is 33.1 Å². The fraction of sp³-hybridized carbons (Fsp3) is 0.467. The number of ether oxygens (including phenoxy) is 1. The molecular formula is C30H35N9O3S. The van der Waals surface area contributed by atoms with Crippen LogP contribution in [0.2, 0.25) is 0 Å². The van der Waals surface area contributed by atoms with Gasteiger partial charge in [-0.1, -0.05) is 30.3 Å². The number of rotatable bonds is 6. The second kappa shape index (κ2) is 14.1. The van der Waals surface area contributed by atoms with Gasteiger partial charge in [-0.3, -0.25) is 14.3 Å². The Morgan fingerprint density at radius 1 is 0.953 bits per heavy atom. The number of likely N-dealkylation sites (tertiary alicyclic amines) is 2. The monoisotopic (exact) mass is 601 g/mol. The minimum absolute atomic E-state index is 0.0272. The third-order valence-corrected chi connectivity index (χ3v) is 9.05. The molecule has 3 aliphatic rings. The van der Waals surface area contributed by atoms with Crippen molar-refractivity contribution in [2.75, 3.05) is 50.0 Å². The van der Waals surface area contributed by atoms with Crippen molar-refractivity contribution < 1.29 is 14.3 Å². The standard InChI is InChI=1S/C16H17N5O.C14H18N4O2S/c1-20-14(12-5-3-2-4-6-12)9-15(19-20)18-16(22)13-7-8-21(10-13)11-17;15-9-18-4-1-11(8-18)13(19)17-14-16-7-12(21-14)10-2-5-20-6-3-10/h2-6,9,13H,7-8,10H2,1H3,(H,18,19,22);7,10-11H,1-6,8H2,(H,16,17,19)/t13-;11-/m00/s1. The Kier molecular flexibility index (Phi) is 9.87. The van der Waals surface area contributed by atoms with Gasteiger partial charge in [-0.25, -0.2) is 4.98 Å². The van der Waals surface area contributed by atoms with Crippen molar-refractivity contribution >= 4 is 34.1 Å². The Bertz CT molecular complexity index is 1490. The number of nitrogens with zero attached hydrogens (tertiary/aromatic N) is 7. The third kappa shape index (κ3) is 7.69. The number of aryl methyl sites for hydroxylation is 1. The molecule has 3 aliphatic heterocycles. The number of nitriles is 2. The smallest absolute Gasteiger partial charge is 0.231 e. The molecule has 1 aromatic carbocycles. The van der Waals surface area contributed by atoms with E-state index in [9.17, 15) is 9.59 Å². The molecule has 2 atom stereocenters. The molecule has 12 nitrogen and oxygen atoms in total. The van der Waals surface area contributed by atoms with Gasteiger partial charge >= 0.3 is 0 Å². The molecule has 0 saturated carbocycles. The maximum atomic E-state index is 12.2. The van der Waals surface area contributed by atoms with Crippen LogP contribution in [-0.2, 0) is 21.4 Å². The van der Waals surface area contributed by atoms with Crippen LogP contribution in [0.25, 0.3) is 11.3 Å². The molecule has 3 fully saturated rings. The SMILES string of the molecule is Cn1nc(NC(=O)[C@H]2CCN(C#N)C2)cc1-c1ccccc1.N#CN1CC[C@H](C(=O)Nc2ncc(C3CCOCC3)s2)C1. The van der Waals surface area contributed by atoms with Crippen LogP contribution >= 0.6 is 11.3 Å². The van der Waals surface area contributed by atoms with Crippen molar-refractivity contribution in [1.82, 2.24) is 24.6 Å². The van der Waals surface area contributed by atoms with Crippen LogP contribution in [0.3, 0.4) is 0 Å². The van der Waals surface area contributed by atoms with Gasteiger partial charge in [-0.05, 0) is 37.2 Å². The maximum absolute atomic E-state index is 12.2. The quantitative estimate of drug-likeness (QED) is 0.404. The number of carbonyl (C=O) groups excluding carboxylic acids is 2. The van der Waals surface area contributed by atoms with Gasteiger partial charge in [0.25, 0.3) is 0 Å². The zero-order valence-corrected chi connectivity index (χ0v) is 24.9. The summed E-state index contributed by atoms with van der Waals surface area (Å²) in [4.78, 5) is 33.2. The Labute approximate surface area is 254 Å². The van der Waals surface area contributed by atoms with Crippen LogP contribution in [0.15, 0.2) is 42.6 Å². The molecule has 43 heavy (non-hydrogen) atoms.